The zero-order valence-electron chi connectivity index (χ0n) is 20.5. The molecule has 0 amide bonds. The summed E-state index contributed by atoms with van der Waals surface area (Å²) in [5.74, 6) is 0.0115. The van der Waals surface area contributed by atoms with Crippen molar-refractivity contribution >= 4 is 23.5 Å². The Balaban J connectivity index is 2.74. The maximum Gasteiger partial charge on any atom is 0.333 e. The van der Waals surface area contributed by atoms with Crippen molar-refractivity contribution in [2.75, 3.05) is 7.05 Å². The van der Waals surface area contributed by atoms with E-state index in [1.54, 1.807) is 20.2 Å². The molecule has 0 saturated carbocycles. The minimum atomic E-state index is -0.829. The number of aliphatic imine (C=N–C) groups is 1. The lowest BCUT2D eigenvalue weighted by Crippen LogP contribution is -2.18. The van der Waals surface area contributed by atoms with Crippen molar-refractivity contribution in [3.8, 4) is 0 Å². The summed E-state index contributed by atoms with van der Waals surface area (Å²) in [5, 5.41) is 4.65. The van der Waals surface area contributed by atoms with Crippen LogP contribution in [-0.4, -0.2) is 35.3 Å². The van der Waals surface area contributed by atoms with Crippen LogP contribution >= 0.6 is 0 Å². The summed E-state index contributed by atoms with van der Waals surface area (Å²) >= 11 is 0. The van der Waals surface area contributed by atoms with Gasteiger partial charge in [0, 0.05) is 43.9 Å². The molecule has 172 valence electrons. The topological polar surface area (TPSA) is 65.7 Å². The van der Waals surface area contributed by atoms with Gasteiger partial charge in [0.05, 0.1) is 5.69 Å². The van der Waals surface area contributed by atoms with Crippen LogP contribution in [0.15, 0.2) is 41.9 Å². The molecule has 1 aromatic carbocycles. The highest BCUT2D eigenvalue weighted by atomic mass is 16.7. The highest BCUT2D eigenvalue weighted by Crippen LogP contribution is 2.32. The van der Waals surface area contributed by atoms with Gasteiger partial charge in [-0.3, -0.25) is 9.67 Å². The number of esters is 1. The minimum Gasteiger partial charge on any atom is -0.452 e. The molecular weight excluding hydrogens is 402 g/mol. The van der Waals surface area contributed by atoms with E-state index in [0.29, 0.717) is 12.3 Å². The van der Waals surface area contributed by atoms with Crippen LogP contribution in [0, 0.1) is 13.8 Å². The lowest BCUT2D eigenvalue weighted by molar-refractivity contribution is -0.157. The summed E-state index contributed by atoms with van der Waals surface area (Å²) in [7, 11) is 1.72. The van der Waals surface area contributed by atoms with Crippen LogP contribution in [0.1, 0.15) is 62.7 Å². The second-order valence-corrected chi connectivity index (χ2v) is 8.66. The lowest BCUT2D eigenvalue weighted by Gasteiger charge is -2.22. The Morgan fingerprint density at radius 2 is 1.84 bits per heavy atom. The molecule has 0 aliphatic carbocycles. The highest BCUT2D eigenvalue weighted by molar-refractivity contribution is 6.18. The van der Waals surface area contributed by atoms with E-state index in [0.717, 1.165) is 34.2 Å². The predicted octanol–water partition coefficient (Wildman–Crippen LogP) is 5.48. The predicted molar refractivity (Wildman–Crippen MR) is 131 cm³/mol. The van der Waals surface area contributed by atoms with Gasteiger partial charge in [0.25, 0.3) is 0 Å². The Bertz CT molecular complexity index is 1020. The smallest absolute Gasteiger partial charge is 0.333 e. The van der Waals surface area contributed by atoms with Gasteiger partial charge in [-0.05, 0) is 37.3 Å². The lowest BCUT2D eigenvalue weighted by atomic mass is 9.86. The normalized spacial score (nSPS) is 13.6. The van der Waals surface area contributed by atoms with Crippen molar-refractivity contribution in [1.82, 2.24) is 9.78 Å². The maximum absolute atomic E-state index is 11.8. The maximum atomic E-state index is 11.8. The molecule has 32 heavy (non-hydrogen) atoms. The van der Waals surface area contributed by atoms with Crippen molar-refractivity contribution in [2.24, 2.45) is 4.99 Å². The van der Waals surface area contributed by atoms with Crippen LogP contribution in [0.3, 0.4) is 0 Å². The van der Waals surface area contributed by atoms with Crippen molar-refractivity contribution in [2.45, 2.75) is 66.7 Å². The average Bonchev–Trinajstić information content (AvgIpc) is 3.03. The molecule has 1 heterocycles. The van der Waals surface area contributed by atoms with Crippen molar-refractivity contribution in [3.63, 3.8) is 0 Å². The van der Waals surface area contributed by atoms with Crippen LogP contribution < -0.4 is 0 Å². The highest BCUT2D eigenvalue weighted by Gasteiger charge is 2.24. The quantitative estimate of drug-likeness (QED) is 0.180. The molecular formula is C26H35N3O3. The second-order valence-electron chi connectivity index (χ2n) is 8.66. The molecule has 2 aromatic rings. The molecule has 1 atom stereocenters. The van der Waals surface area contributed by atoms with Crippen LogP contribution in [-0.2, 0) is 26.2 Å². The van der Waals surface area contributed by atoms with Gasteiger partial charge in [0.15, 0.2) is 5.76 Å². The molecule has 0 spiro atoms. The largest absolute Gasteiger partial charge is 0.452 e. The Morgan fingerprint density at radius 1 is 1.22 bits per heavy atom. The number of ether oxygens (including phenoxy) is 2. The summed E-state index contributed by atoms with van der Waals surface area (Å²) in [5.41, 5.74) is 5.75. The number of allylic oxidation sites excluding steroid dienone is 1. The molecule has 6 nitrogen and oxygen atoms in total. The van der Waals surface area contributed by atoms with Gasteiger partial charge >= 0.3 is 5.97 Å². The molecule has 2 rings (SSSR count). The van der Waals surface area contributed by atoms with Crippen molar-refractivity contribution in [1.29, 1.82) is 0 Å². The zero-order chi connectivity index (χ0) is 24.1. The van der Waals surface area contributed by atoms with Crippen LogP contribution in [0.2, 0.25) is 0 Å². The molecule has 0 saturated heterocycles. The first-order chi connectivity index (χ1) is 15.0. The average molecular weight is 438 g/mol. The SMILES string of the molecule is C=CC(=O)OC(C)O/C(=C(/C=N\C)c1ccc(C(C)(C)C)cc1)c1c(C)c(C)nn1CC. The Morgan fingerprint density at radius 3 is 2.34 bits per heavy atom. The number of nitrogens with zero attached hydrogens (tertiary/aromatic N) is 3. The van der Waals surface area contributed by atoms with Crippen molar-refractivity contribution < 1.29 is 14.3 Å². The van der Waals surface area contributed by atoms with Gasteiger partial charge in [0.1, 0.15) is 5.69 Å². The van der Waals surface area contributed by atoms with E-state index in [9.17, 15) is 4.79 Å². The molecule has 0 N–H and O–H groups in total. The van der Waals surface area contributed by atoms with Gasteiger partial charge in [-0.15, -0.1) is 0 Å². The van der Waals surface area contributed by atoms with Gasteiger partial charge in [0.2, 0.25) is 6.29 Å². The fourth-order valence-corrected chi connectivity index (χ4v) is 3.38. The number of hydrogen-bond donors (Lipinski definition) is 0. The first-order valence-electron chi connectivity index (χ1n) is 10.8. The van der Waals surface area contributed by atoms with E-state index in [2.05, 4.69) is 61.7 Å². The zero-order valence-corrected chi connectivity index (χ0v) is 20.5. The summed E-state index contributed by atoms with van der Waals surface area (Å²) in [6, 6.07) is 8.37. The Kier molecular flexibility index (Phi) is 8.19. The number of hydrogen-bond acceptors (Lipinski definition) is 5. The van der Waals surface area contributed by atoms with Crippen LogP contribution in [0.5, 0.6) is 0 Å². The van der Waals surface area contributed by atoms with E-state index in [4.69, 9.17) is 9.47 Å². The van der Waals surface area contributed by atoms with Gasteiger partial charge in [-0.25, -0.2) is 4.79 Å². The number of rotatable bonds is 8. The number of aryl methyl sites for hydroxylation is 2. The fraction of sp³-hybridized carbons (Fsp3) is 0.423. The first-order valence-corrected chi connectivity index (χ1v) is 10.8. The first kappa shape index (κ1) is 25.1. The van der Waals surface area contributed by atoms with E-state index < -0.39 is 12.3 Å². The number of aromatic nitrogens is 2. The van der Waals surface area contributed by atoms with Crippen LogP contribution in [0.25, 0.3) is 11.3 Å². The monoisotopic (exact) mass is 437 g/mol. The van der Waals surface area contributed by atoms with Gasteiger partial charge in [-0.2, -0.15) is 5.10 Å². The summed E-state index contributed by atoms with van der Waals surface area (Å²) < 4.78 is 13.5. The third-order valence-electron chi connectivity index (χ3n) is 5.24. The fourth-order valence-electron chi connectivity index (χ4n) is 3.38. The molecule has 6 heteroatoms. The van der Waals surface area contributed by atoms with Gasteiger partial charge in [-0.1, -0.05) is 51.6 Å². The summed E-state index contributed by atoms with van der Waals surface area (Å²) in [4.78, 5) is 16.0. The third kappa shape index (κ3) is 5.75. The van der Waals surface area contributed by atoms with Crippen LogP contribution in [0.4, 0.5) is 0 Å². The third-order valence-corrected chi connectivity index (χ3v) is 5.24. The molecule has 0 bridgehead atoms. The summed E-state index contributed by atoms with van der Waals surface area (Å²) in [6.07, 6.45) is 2.06. The van der Waals surface area contributed by atoms with E-state index >= 15 is 0 Å². The molecule has 0 radical (unpaired) electrons. The Hall–Kier alpha value is -3.15. The standard InChI is InChI=1S/C26H35N3O3/c1-10-23(30)31-19(5)32-25(24-17(3)18(4)28-29(24)11-2)22(16-27-9)20-12-14-21(15-13-20)26(6,7)8/h10,12-16,19H,1,11H2,2-9H3/b25-22-,27-16-. The Labute approximate surface area is 191 Å². The van der Waals surface area contributed by atoms with E-state index in [-0.39, 0.29) is 5.41 Å². The minimum absolute atomic E-state index is 0.0442. The molecule has 1 unspecified atom stereocenters. The molecule has 1 aromatic heterocycles. The second kappa shape index (κ2) is 10.4. The number of carbonyl (C=O) groups excluding carboxylic acids is 1. The van der Waals surface area contributed by atoms with Crippen molar-refractivity contribution in [3.05, 3.63) is 65.0 Å². The van der Waals surface area contributed by atoms with E-state index in [1.165, 1.54) is 5.56 Å². The molecule has 0 aliphatic heterocycles. The van der Waals surface area contributed by atoms with Gasteiger partial charge < -0.3 is 9.47 Å². The molecule has 0 aliphatic rings. The number of carbonyl (C=O) groups is 1. The molecule has 0 fully saturated rings. The summed E-state index contributed by atoms with van der Waals surface area (Å²) in [6.45, 7) is 18.4. The van der Waals surface area contributed by atoms with E-state index in [1.807, 2.05) is 25.5 Å². The number of benzene rings is 1.